The van der Waals surface area contributed by atoms with Crippen molar-refractivity contribution in [2.45, 2.75) is 110 Å². The average molecular weight is 1750 g/mol. The Morgan fingerprint density at radius 3 is 1.97 bits per heavy atom. The molecular weight excluding hydrogens is 1630 g/mol. The van der Waals surface area contributed by atoms with E-state index in [9.17, 15) is 43.8 Å². The Labute approximate surface area is 716 Å². The number of anilines is 5. The van der Waals surface area contributed by atoms with E-state index in [0.29, 0.717) is 173 Å². The van der Waals surface area contributed by atoms with Crippen LogP contribution in [-0.2, 0) is 94.5 Å². The molecule has 668 valence electrons. The number of urea groups is 1. The number of benzene rings is 3. The maximum atomic E-state index is 15.6. The first-order valence-electron chi connectivity index (χ1n) is 39.9. The minimum Gasteiger partial charge on any atom is -0.543 e. The van der Waals surface area contributed by atoms with Crippen LogP contribution in [0.25, 0.3) is 10.2 Å². The van der Waals surface area contributed by atoms with E-state index < -0.39 is 66.0 Å². The number of carbonyl (C=O) groups excluding carboxylic acids is 6. The van der Waals surface area contributed by atoms with Crippen LogP contribution in [0, 0.1) is 30.5 Å². The van der Waals surface area contributed by atoms with Gasteiger partial charge in [0, 0.05) is 49.9 Å². The fourth-order valence-corrected chi connectivity index (χ4v) is 13.3. The standard InChI is InChI=1S/C81H114FN17O21S2/c1-55(2)71(83)75(104)87-65(18-11-26-85-77(84)107)74(103)86-60-23-22-58(59(49-60)50-96(5)81(109)120-54-61-51-97(94-91-61)29-32-111-34-36-113-38-40-115-42-44-117-46-45-116-43-41-114-39-37-112-35-33-110-31-25-70(101)102)53-119-80(108)95(4)27-12-15-57-21-24-66(63(82)48-57)118-30-14-20-68-72(76(105)106)89-79(122-68)98(28-13-16-62(100)52-99(6,7)8)69-47-56(3)73(93-92-69)90-78-88-64-17-9-10-19-67(64)121-78/h9-10,17,19,21-24,47-49,51,55,62,65,71,100H,11,13-14,16,18,20,25-46,50,52-54,83H2,1-8H3,(H7-,84,85,86,87,88,90,93,101,102,103,104,105,106,107)/t62?,65-,71-/m0/s1. The number of ether oxygens (including phenoxy) is 11. The Kier molecular flexibility index (Phi) is 43.2. The van der Waals surface area contributed by atoms with Gasteiger partial charge in [-0.1, -0.05) is 60.4 Å². The lowest BCUT2D eigenvalue weighted by Gasteiger charge is -2.27. The second kappa shape index (κ2) is 53.4. The minimum atomic E-state index is -1.47. The van der Waals surface area contributed by atoms with Crippen molar-refractivity contribution in [1.29, 1.82) is 0 Å². The van der Waals surface area contributed by atoms with Gasteiger partial charge in [-0.2, -0.15) is 0 Å². The molecule has 0 radical (unpaired) electrons. The summed E-state index contributed by atoms with van der Waals surface area (Å²) in [6.45, 7) is 11.6. The van der Waals surface area contributed by atoms with Crippen LogP contribution in [0.3, 0.4) is 0 Å². The highest BCUT2D eigenvalue weighted by atomic mass is 32.1. The Balaban J connectivity index is 0.866. The maximum Gasteiger partial charge on any atom is 0.410 e. The van der Waals surface area contributed by atoms with Crippen molar-refractivity contribution < 1.29 is 110 Å². The van der Waals surface area contributed by atoms with Crippen LogP contribution < -0.4 is 47.5 Å². The van der Waals surface area contributed by atoms with E-state index in [0.717, 1.165) is 27.1 Å². The van der Waals surface area contributed by atoms with Gasteiger partial charge in [0.1, 0.15) is 43.3 Å². The molecule has 7 aromatic rings. The number of likely N-dealkylation sites (N-methyl/N-ethyl adjacent to an activating group) is 1. The number of nitrogens with one attached hydrogen (secondary N) is 4. The predicted molar refractivity (Wildman–Crippen MR) is 448 cm³/mol. The van der Waals surface area contributed by atoms with Gasteiger partial charge in [-0.15, -0.1) is 26.6 Å². The zero-order valence-corrected chi connectivity index (χ0v) is 71.9. The molecule has 7 rings (SSSR count). The van der Waals surface area contributed by atoms with Gasteiger partial charge in [0.05, 0.1) is 181 Å². The molecule has 0 aliphatic heterocycles. The minimum absolute atomic E-state index is 0.000168. The number of aryl methyl sites for hydroxylation is 2. The molecule has 0 fully saturated rings. The third kappa shape index (κ3) is 37.1. The highest BCUT2D eigenvalue weighted by Gasteiger charge is 2.28. The van der Waals surface area contributed by atoms with E-state index in [2.05, 4.69) is 63.6 Å². The number of nitrogens with two attached hydrogens (primary N) is 2. The second-order valence-electron chi connectivity index (χ2n) is 29.3. The molecular formula is C81H114FN17O21S2. The molecule has 3 atom stereocenters. The Bertz CT molecular complexity index is 4450. The molecule has 38 nitrogen and oxygen atoms in total. The molecule has 1 unspecified atom stereocenters. The number of fused-ring (bicyclic) bond motifs is 1. The van der Waals surface area contributed by atoms with Crippen molar-refractivity contribution in [2.75, 3.05) is 189 Å². The third-order valence-electron chi connectivity index (χ3n) is 17.8. The molecule has 0 bridgehead atoms. The molecule has 0 saturated carbocycles. The number of aromatic carboxylic acids is 1. The first kappa shape index (κ1) is 98.7. The van der Waals surface area contributed by atoms with E-state index in [1.165, 1.54) is 52.0 Å². The lowest BCUT2D eigenvalue weighted by Crippen LogP contribution is -2.51. The first-order chi connectivity index (χ1) is 58.6. The molecule has 4 heterocycles. The number of hydrogen-bond donors (Lipinski definition) is 8. The summed E-state index contributed by atoms with van der Waals surface area (Å²) >= 11 is 2.63. The van der Waals surface area contributed by atoms with Gasteiger partial charge >= 0.3 is 24.2 Å². The lowest BCUT2D eigenvalue weighted by atomic mass is 10.0. The molecule has 0 aliphatic carbocycles. The number of aliphatic carboxylic acids is 1. The van der Waals surface area contributed by atoms with Crippen LogP contribution >= 0.6 is 22.7 Å². The number of amides is 6. The highest BCUT2D eigenvalue weighted by Crippen LogP contribution is 2.35. The summed E-state index contributed by atoms with van der Waals surface area (Å²) in [5, 5.41) is 61.6. The Hall–Kier alpha value is -10.5. The summed E-state index contributed by atoms with van der Waals surface area (Å²) < 4.78 is 79.7. The number of carbonyl (C=O) groups is 7. The zero-order valence-electron chi connectivity index (χ0n) is 70.3. The number of hydrogen-bond acceptors (Lipinski definition) is 31. The quantitative estimate of drug-likeness (QED) is 0.0132. The van der Waals surface area contributed by atoms with E-state index >= 15 is 4.39 Å². The lowest BCUT2D eigenvalue weighted by molar-refractivity contribution is -0.873. The molecule has 0 spiro atoms. The number of aliphatic hydroxyl groups is 1. The zero-order chi connectivity index (χ0) is 88.2. The number of thiazole rings is 2. The molecule has 0 saturated heterocycles. The maximum absolute atomic E-state index is 15.6. The molecule has 0 aliphatic rings. The number of aliphatic hydroxyl groups excluding tert-OH is 1. The largest absolute Gasteiger partial charge is 0.543 e. The topological polar surface area (TPSA) is 477 Å². The number of nitrogens with zero attached hydrogens (tertiary/aromatic N) is 11. The fraction of sp³-hybridized carbons (Fsp3) is 0.543. The van der Waals surface area contributed by atoms with Gasteiger partial charge in [0.15, 0.2) is 33.5 Å². The number of primary amides is 1. The van der Waals surface area contributed by atoms with Gasteiger partial charge < -0.3 is 124 Å². The summed E-state index contributed by atoms with van der Waals surface area (Å²) in [4.78, 5) is 103. The summed E-state index contributed by atoms with van der Waals surface area (Å²) in [6.07, 6.45) is 1.20. The summed E-state index contributed by atoms with van der Waals surface area (Å²) in [7, 11) is 8.92. The summed E-state index contributed by atoms with van der Waals surface area (Å²) in [6, 6.07) is 15.7. The predicted octanol–water partition coefficient (Wildman–Crippen LogP) is 5.54. The van der Waals surface area contributed by atoms with Crippen LogP contribution in [0.2, 0.25) is 0 Å². The fourth-order valence-electron chi connectivity index (χ4n) is 11.4. The van der Waals surface area contributed by atoms with Gasteiger partial charge in [-0.25, -0.2) is 33.4 Å². The van der Waals surface area contributed by atoms with Crippen molar-refractivity contribution in [3.63, 3.8) is 0 Å². The molecule has 10 N–H and O–H groups in total. The average Bonchev–Trinajstić information content (AvgIpc) is 1.63. The molecule has 4 aromatic heterocycles. The van der Waals surface area contributed by atoms with Crippen molar-refractivity contribution in [3.8, 4) is 17.6 Å². The van der Waals surface area contributed by atoms with Gasteiger partial charge in [-0.3, -0.25) is 14.4 Å². The van der Waals surface area contributed by atoms with Crippen LogP contribution in [0.5, 0.6) is 5.75 Å². The van der Waals surface area contributed by atoms with Gasteiger partial charge in [-0.05, 0) is 117 Å². The number of halogens is 1. The van der Waals surface area contributed by atoms with Crippen LogP contribution in [0.1, 0.15) is 95.7 Å². The number of para-hydroxylation sites is 1. The van der Waals surface area contributed by atoms with Crippen LogP contribution in [0.4, 0.5) is 46.4 Å². The van der Waals surface area contributed by atoms with Crippen LogP contribution in [0.15, 0.2) is 72.9 Å². The third-order valence-corrected chi connectivity index (χ3v) is 19.9. The number of aromatic nitrogens is 7. The van der Waals surface area contributed by atoms with Crippen molar-refractivity contribution in [2.24, 2.45) is 17.4 Å². The van der Waals surface area contributed by atoms with Crippen LogP contribution in [-0.4, -0.2) is 294 Å². The number of rotatable bonds is 59. The van der Waals surface area contributed by atoms with Crippen molar-refractivity contribution in [3.05, 3.63) is 117 Å². The Morgan fingerprint density at radius 1 is 0.713 bits per heavy atom. The highest BCUT2D eigenvalue weighted by molar-refractivity contribution is 7.22. The van der Waals surface area contributed by atoms with E-state index in [-0.39, 0.29) is 113 Å². The second-order valence-corrected chi connectivity index (χ2v) is 31.4. The normalized spacial score (nSPS) is 12.1. The monoisotopic (exact) mass is 1740 g/mol. The SMILES string of the molecule is Cc1cc(N(CCCC(O)C[N+](C)(C)C)c2nc(C(=O)[O-])c(CCCOc3ccc(C#CCN(C)C(=O)OCc4ccc(NC(=O)[C@H](CCCNC(N)=O)NC(=O)[C@@H](N)C(C)C)cc4CN(C)C(=O)OCc4cn(CCOCCOCCOCCOCCOCCOCCOCCOCCC(=O)O)nn4)cc3F)s2)nnc1Nc1nc2ccccc2s1. The molecule has 6 amide bonds. The smallest absolute Gasteiger partial charge is 0.410 e. The van der Waals surface area contributed by atoms with Crippen molar-refractivity contribution >= 4 is 102 Å². The molecule has 41 heteroatoms. The van der Waals surface area contributed by atoms with Crippen molar-refractivity contribution in [1.82, 2.24) is 55.6 Å². The number of carboxylic acid groups (broad SMARTS) is 2. The summed E-state index contributed by atoms with van der Waals surface area (Å²) in [5.41, 5.74) is 14.4. The summed E-state index contributed by atoms with van der Waals surface area (Å²) in [5.74, 6) is 2.01. The van der Waals surface area contributed by atoms with Gasteiger partial charge in [0.2, 0.25) is 11.8 Å². The van der Waals surface area contributed by atoms with E-state index in [4.69, 9.17) is 68.7 Å². The molecule has 122 heavy (non-hydrogen) atoms. The Morgan fingerprint density at radius 2 is 1.35 bits per heavy atom. The number of carboxylic acids is 2. The number of quaternary nitrogens is 1. The van der Waals surface area contributed by atoms with E-state index in [1.54, 1.807) is 49.2 Å². The van der Waals surface area contributed by atoms with E-state index in [1.807, 2.05) is 58.4 Å². The molecule has 3 aromatic carbocycles. The first-order valence-corrected chi connectivity index (χ1v) is 41.6. The van der Waals surface area contributed by atoms with Gasteiger partial charge in [0.25, 0.3) is 0 Å².